The van der Waals surface area contributed by atoms with Crippen molar-refractivity contribution in [1.82, 2.24) is 19.9 Å². The molecular formula is C16H22BN5O2. The average Bonchev–Trinajstić information content (AvgIpc) is 2.98. The van der Waals surface area contributed by atoms with Crippen LogP contribution in [0.4, 0.5) is 10.6 Å². The Morgan fingerprint density at radius 3 is 2.71 bits per heavy atom. The van der Waals surface area contributed by atoms with Crippen LogP contribution in [-0.4, -0.2) is 58.5 Å². The summed E-state index contributed by atoms with van der Waals surface area (Å²) in [6.45, 7) is 6.88. The van der Waals surface area contributed by atoms with Crippen molar-refractivity contribution in [2.24, 2.45) is 0 Å². The van der Waals surface area contributed by atoms with Crippen LogP contribution in [0.5, 0.6) is 0 Å². The number of amides is 1. The minimum Gasteiger partial charge on any atom is -0.444 e. The van der Waals surface area contributed by atoms with Crippen molar-refractivity contribution in [3.05, 3.63) is 18.6 Å². The Balaban J connectivity index is 1.70. The van der Waals surface area contributed by atoms with E-state index < -0.39 is 5.60 Å². The molecule has 2 aromatic rings. The highest BCUT2D eigenvalue weighted by Gasteiger charge is 2.30. The zero-order valence-corrected chi connectivity index (χ0v) is 14.5. The molecule has 24 heavy (non-hydrogen) atoms. The number of anilines is 1. The van der Waals surface area contributed by atoms with Crippen molar-refractivity contribution in [1.29, 1.82) is 0 Å². The highest BCUT2D eigenvalue weighted by Crippen LogP contribution is 2.20. The predicted molar refractivity (Wildman–Crippen MR) is 95.3 cm³/mol. The van der Waals surface area contributed by atoms with E-state index in [1.807, 2.05) is 28.6 Å². The lowest BCUT2D eigenvalue weighted by Gasteiger charge is -2.24. The van der Waals surface area contributed by atoms with E-state index in [0.717, 1.165) is 22.9 Å². The van der Waals surface area contributed by atoms with E-state index in [4.69, 9.17) is 4.74 Å². The smallest absolute Gasteiger partial charge is 0.410 e. The third-order valence-electron chi connectivity index (χ3n) is 3.86. The maximum absolute atomic E-state index is 12.2. The van der Waals surface area contributed by atoms with Crippen LogP contribution in [-0.2, 0) is 4.74 Å². The van der Waals surface area contributed by atoms with Crippen molar-refractivity contribution >= 4 is 36.3 Å². The molecule has 0 radical (unpaired) electrons. The summed E-state index contributed by atoms with van der Waals surface area (Å²) in [5.74, 6) is 0.708. The lowest BCUT2D eigenvalue weighted by atomic mass is 9.97. The van der Waals surface area contributed by atoms with Crippen molar-refractivity contribution < 1.29 is 9.53 Å². The van der Waals surface area contributed by atoms with Crippen molar-refractivity contribution in [2.45, 2.75) is 38.8 Å². The number of aromatic nitrogens is 3. The molecule has 0 spiro atoms. The first-order valence-electron chi connectivity index (χ1n) is 8.14. The van der Waals surface area contributed by atoms with Crippen LogP contribution in [0, 0.1) is 0 Å². The third-order valence-corrected chi connectivity index (χ3v) is 3.86. The number of likely N-dealkylation sites (tertiary alicyclic amines) is 1. The molecule has 2 aromatic heterocycles. The first kappa shape index (κ1) is 16.5. The summed E-state index contributed by atoms with van der Waals surface area (Å²) in [6.07, 6.45) is 5.71. The van der Waals surface area contributed by atoms with Gasteiger partial charge in [0.05, 0.1) is 5.52 Å². The van der Waals surface area contributed by atoms with E-state index in [9.17, 15) is 4.79 Å². The molecule has 1 aliphatic rings. The summed E-state index contributed by atoms with van der Waals surface area (Å²) in [5.41, 5.74) is 2.11. The Kier molecular flexibility index (Phi) is 4.30. The topological polar surface area (TPSA) is 80.2 Å². The summed E-state index contributed by atoms with van der Waals surface area (Å²) < 4.78 is 5.43. The first-order chi connectivity index (χ1) is 11.3. The Bertz CT molecular complexity index is 762. The molecule has 1 N–H and O–H groups in total. The Hall–Kier alpha value is -2.38. The molecule has 8 heteroatoms. The highest BCUT2D eigenvalue weighted by atomic mass is 16.6. The fourth-order valence-electron chi connectivity index (χ4n) is 2.75. The lowest BCUT2D eigenvalue weighted by molar-refractivity contribution is 0.0293. The quantitative estimate of drug-likeness (QED) is 0.818. The maximum Gasteiger partial charge on any atom is 0.410 e. The Morgan fingerprint density at radius 1 is 1.29 bits per heavy atom. The molecule has 1 aliphatic heterocycles. The lowest BCUT2D eigenvalue weighted by Crippen LogP contribution is -2.36. The second-order valence-electron chi connectivity index (χ2n) is 7.10. The molecule has 0 bridgehead atoms. The largest absolute Gasteiger partial charge is 0.444 e. The summed E-state index contributed by atoms with van der Waals surface area (Å²) >= 11 is 0. The van der Waals surface area contributed by atoms with E-state index >= 15 is 0 Å². The number of hydrogen-bond donors (Lipinski definition) is 1. The van der Waals surface area contributed by atoms with E-state index in [2.05, 4.69) is 20.3 Å². The van der Waals surface area contributed by atoms with Gasteiger partial charge in [0.2, 0.25) is 0 Å². The standard InChI is InChI=1S/C16H22BN5O2/c1-16(2,3)24-15(23)22-7-4-10(9-22)21-14-13-12(11(17)8-20-14)18-5-6-19-13/h5-6,8,10H,4,7,9,17H2,1-3H3,(H,20,21)/t10-/m0/s1. The Morgan fingerprint density at radius 2 is 2.00 bits per heavy atom. The normalized spacial score (nSPS) is 18.0. The zero-order valence-electron chi connectivity index (χ0n) is 14.5. The number of fused-ring (bicyclic) bond motifs is 1. The molecule has 0 saturated carbocycles. The van der Waals surface area contributed by atoms with E-state index in [1.165, 1.54) is 0 Å². The van der Waals surface area contributed by atoms with Gasteiger partial charge in [-0.15, -0.1) is 0 Å². The van der Waals surface area contributed by atoms with Gasteiger partial charge in [-0.25, -0.2) is 14.8 Å². The minimum atomic E-state index is -0.479. The number of pyridine rings is 1. The van der Waals surface area contributed by atoms with Gasteiger partial charge in [-0.3, -0.25) is 4.98 Å². The van der Waals surface area contributed by atoms with Gasteiger partial charge >= 0.3 is 6.09 Å². The number of rotatable bonds is 2. The molecule has 0 aliphatic carbocycles. The summed E-state index contributed by atoms with van der Waals surface area (Å²) in [5, 5.41) is 3.40. The van der Waals surface area contributed by atoms with Gasteiger partial charge in [-0.1, -0.05) is 0 Å². The Labute approximate surface area is 142 Å². The highest BCUT2D eigenvalue weighted by molar-refractivity contribution is 6.38. The van der Waals surface area contributed by atoms with Crippen LogP contribution in [0.3, 0.4) is 0 Å². The van der Waals surface area contributed by atoms with Gasteiger partial charge in [0.1, 0.15) is 19.0 Å². The SMILES string of the molecule is Bc1cnc(N[C@H]2CCN(C(=O)OC(C)(C)C)C2)c2nccnc12. The zero-order chi connectivity index (χ0) is 17.3. The minimum absolute atomic E-state index is 0.123. The molecule has 3 rings (SSSR count). The average molecular weight is 327 g/mol. The maximum atomic E-state index is 12.2. The van der Waals surface area contributed by atoms with Gasteiger partial charge < -0.3 is 15.0 Å². The molecule has 0 unspecified atom stereocenters. The molecule has 3 heterocycles. The second kappa shape index (κ2) is 6.26. The molecule has 7 nitrogen and oxygen atoms in total. The van der Waals surface area contributed by atoms with Gasteiger partial charge in [0.15, 0.2) is 5.82 Å². The van der Waals surface area contributed by atoms with Gasteiger partial charge in [0, 0.05) is 37.7 Å². The molecule has 1 saturated heterocycles. The number of hydrogen-bond acceptors (Lipinski definition) is 6. The summed E-state index contributed by atoms with van der Waals surface area (Å²) in [7, 11) is 1.97. The van der Waals surface area contributed by atoms with E-state index in [0.29, 0.717) is 18.9 Å². The summed E-state index contributed by atoms with van der Waals surface area (Å²) in [4.78, 5) is 27.1. The van der Waals surface area contributed by atoms with Crippen LogP contribution in [0.2, 0.25) is 0 Å². The van der Waals surface area contributed by atoms with Crippen LogP contribution in [0.1, 0.15) is 27.2 Å². The number of carbonyl (C=O) groups is 1. The molecule has 1 amide bonds. The van der Waals surface area contributed by atoms with Crippen LogP contribution in [0.15, 0.2) is 18.6 Å². The van der Waals surface area contributed by atoms with Gasteiger partial charge in [-0.05, 0) is 32.7 Å². The number of nitrogens with one attached hydrogen (secondary N) is 1. The van der Waals surface area contributed by atoms with E-state index in [-0.39, 0.29) is 12.1 Å². The molecular weight excluding hydrogens is 305 g/mol. The number of ether oxygens (including phenoxy) is 1. The second-order valence-corrected chi connectivity index (χ2v) is 7.10. The van der Waals surface area contributed by atoms with E-state index in [1.54, 1.807) is 23.5 Å². The fraction of sp³-hybridized carbons (Fsp3) is 0.500. The third kappa shape index (κ3) is 3.58. The molecule has 1 atom stereocenters. The molecule has 126 valence electrons. The van der Waals surface area contributed by atoms with Gasteiger partial charge in [0.25, 0.3) is 0 Å². The first-order valence-corrected chi connectivity index (χ1v) is 8.14. The van der Waals surface area contributed by atoms with Crippen molar-refractivity contribution in [2.75, 3.05) is 18.4 Å². The van der Waals surface area contributed by atoms with Gasteiger partial charge in [-0.2, -0.15) is 0 Å². The van der Waals surface area contributed by atoms with Crippen LogP contribution >= 0.6 is 0 Å². The number of nitrogens with zero attached hydrogens (tertiary/aromatic N) is 4. The van der Waals surface area contributed by atoms with Crippen LogP contribution in [0.25, 0.3) is 11.0 Å². The van der Waals surface area contributed by atoms with Crippen molar-refractivity contribution in [3.63, 3.8) is 0 Å². The summed E-state index contributed by atoms with van der Waals surface area (Å²) in [6, 6.07) is 0.123. The predicted octanol–water partition coefficient (Wildman–Crippen LogP) is 0.704. The van der Waals surface area contributed by atoms with Crippen LogP contribution < -0.4 is 10.8 Å². The fourth-order valence-corrected chi connectivity index (χ4v) is 2.75. The molecule has 0 aromatic carbocycles. The number of carbonyl (C=O) groups excluding carboxylic acids is 1. The molecule has 1 fully saturated rings. The monoisotopic (exact) mass is 327 g/mol. The van der Waals surface area contributed by atoms with Crippen molar-refractivity contribution in [3.8, 4) is 0 Å².